The maximum absolute atomic E-state index is 11.8. The molecule has 0 radical (unpaired) electrons. The van der Waals surface area contributed by atoms with Crippen LogP contribution in [0, 0.1) is 13.8 Å². The van der Waals surface area contributed by atoms with Gasteiger partial charge in [-0.3, -0.25) is 14.2 Å². The lowest BCUT2D eigenvalue weighted by molar-refractivity contribution is -0.121. The van der Waals surface area contributed by atoms with Crippen molar-refractivity contribution >= 4 is 11.6 Å². The van der Waals surface area contributed by atoms with Crippen LogP contribution in [0.3, 0.4) is 0 Å². The largest absolute Gasteiger partial charge is 0.396 e. The van der Waals surface area contributed by atoms with Crippen LogP contribution in [0.25, 0.3) is 0 Å². The molecule has 2 heterocycles. The molecule has 0 aromatic carbocycles. The van der Waals surface area contributed by atoms with Crippen LogP contribution >= 0.6 is 0 Å². The first kappa shape index (κ1) is 14.1. The second-order valence-electron chi connectivity index (χ2n) is 4.82. The van der Waals surface area contributed by atoms with E-state index in [1.54, 1.807) is 9.36 Å². The quantitative estimate of drug-likeness (QED) is 0.814. The average Bonchev–Trinajstić information content (AvgIpc) is 2.90. The van der Waals surface area contributed by atoms with Gasteiger partial charge in [0, 0.05) is 26.2 Å². The maximum atomic E-state index is 11.8. The van der Waals surface area contributed by atoms with Gasteiger partial charge in [-0.25, -0.2) is 0 Å². The lowest BCUT2D eigenvalue weighted by Crippen LogP contribution is -2.30. The molecule has 0 aliphatic heterocycles. The predicted molar refractivity (Wildman–Crippen MR) is 76.0 cm³/mol. The molecular weight excluding hydrogens is 256 g/mol. The van der Waals surface area contributed by atoms with Gasteiger partial charge in [-0.2, -0.15) is 10.2 Å². The number of carbonyl (C=O) groups is 1. The molecule has 7 heteroatoms. The molecule has 108 valence electrons. The zero-order chi connectivity index (χ0) is 14.7. The van der Waals surface area contributed by atoms with Crippen molar-refractivity contribution in [3.05, 3.63) is 29.3 Å². The Labute approximate surface area is 117 Å². The fourth-order valence-electron chi connectivity index (χ4n) is 1.98. The molecule has 2 rings (SSSR count). The van der Waals surface area contributed by atoms with Crippen molar-refractivity contribution in [3.8, 4) is 0 Å². The van der Waals surface area contributed by atoms with Crippen LogP contribution in [0.15, 0.2) is 12.3 Å². The summed E-state index contributed by atoms with van der Waals surface area (Å²) in [6.07, 6.45) is 2.60. The molecule has 0 bridgehead atoms. The molecule has 0 fully saturated rings. The number of nitrogens with one attached hydrogen (secondary N) is 1. The van der Waals surface area contributed by atoms with Gasteiger partial charge < -0.3 is 11.1 Å². The fraction of sp³-hybridized carbons (Fsp3) is 0.462. The van der Waals surface area contributed by atoms with Gasteiger partial charge in [0.05, 0.1) is 22.8 Å². The molecule has 0 aliphatic carbocycles. The lowest BCUT2D eigenvalue weighted by atomic mass is 10.3. The zero-order valence-electron chi connectivity index (χ0n) is 12.1. The third kappa shape index (κ3) is 3.17. The van der Waals surface area contributed by atoms with E-state index in [1.165, 1.54) is 0 Å². The standard InChI is InChI=1S/C13H20N6O/c1-9-13(14)10(2)19(16-9)8-12(20)15-6-4-11-5-7-18(3)17-11/h5,7H,4,6,8,14H2,1-3H3,(H,15,20). The van der Waals surface area contributed by atoms with Crippen molar-refractivity contribution in [1.29, 1.82) is 0 Å². The van der Waals surface area contributed by atoms with E-state index in [0.717, 1.165) is 17.1 Å². The van der Waals surface area contributed by atoms with E-state index in [1.807, 2.05) is 33.2 Å². The average molecular weight is 276 g/mol. The number of aryl methyl sites for hydroxylation is 2. The van der Waals surface area contributed by atoms with Crippen LogP contribution in [0.5, 0.6) is 0 Å². The summed E-state index contributed by atoms with van der Waals surface area (Å²) in [7, 11) is 1.87. The van der Waals surface area contributed by atoms with E-state index in [2.05, 4.69) is 15.5 Å². The van der Waals surface area contributed by atoms with Gasteiger partial charge in [-0.1, -0.05) is 0 Å². The Bertz CT molecular complexity index is 612. The van der Waals surface area contributed by atoms with E-state index in [0.29, 0.717) is 18.7 Å². The molecule has 0 saturated carbocycles. The van der Waals surface area contributed by atoms with Crippen molar-refractivity contribution in [1.82, 2.24) is 24.9 Å². The summed E-state index contributed by atoms with van der Waals surface area (Å²) in [5, 5.41) is 11.3. The van der Waals surface area contributed by atoms with Gasteiger partial charge >= 0.3 is 0 Å². The van der Waals surface area contributed by atoms with Gasteiger partial charge in [-0.05, 0) is 19.9 Å². The van der Waals surface area contributed by atoms with Gasteiger partial charge in [0.25, 0.3) is 0 Å². The highest BCUT2D eigenvalue weighted by molar-refractivity contribution is 5.75. The van der Waals surface area contributed by atoms with Crippen LogP contribution in [0.1, 0.15) is 17.1 Å². The summed E-state index contributed by atoms with van der Waals surface area (Å²) < 4.78 is 3.37. The van der Waals surface area contributed by atoms with Crippen molar-refractivity contribution in [2.45, 2.75) is 26.8 Å². The number of aromatic nitrogens is 4. The number of anilines is 1. The van der Waals surface area contributed by atoms with Crippen LogP contribution < -0.4 is 11.1 Å². The van der Waals surface area contributed by atoms with Crippen LogP contribution in [0.4, 0.5) is 5.69 Å². The summed E-state index contributed by atoms with van der Waals surface area (Å²) in [4.78, 5) is 11.8. The molecule has 0 aliphatic rings. The Morgan fingerprint density at radius 1 is 1.40 bits per heavy atom. The molecular formula is C13H20N6O. The molecule has 2 aromatic heterocycles. The summed E-state index contributed by atoms with van der Waals surface area (Å²) in [6, 6.07) is 1.94. The molecule has 20 heavy (non-hydrogen) atoms. The number of nitrogens with two attached hydrogens (primary N) is 1. The zero-order valence-corrected chi connectivity index (χ0v) is 12.1. The van der Waals surface area contributed by atoms with E-state index >= 15 is 0 Å². The van der Waals surface area contributed by atoms with Crippen LogP contribution in [-0.4, -0.2) is 32.0 Å². The first-order chi connectivity index (χ1) is 9.47. The molecule has 0 atom stereocenters. The van der Waals surface area contributed by atoms with Crippen molar-refractivity contribution in [3.63, 3.8) is 0 Å². The smallest absolute Gasteiger partial charge is 0.241 e. The minimum atomic E-state index is -0.0773. The second kappa shape index (κ2) is 5.77. The van der Waals surface area contributed by atoms with E-state index in [-0.39, 0.29) is 12.5 Å². The maximum Gasteiger partial charge on any atom is 0.241 e. The third-order valence-corrected chi connectivity index (χ3v) is 3.20. The SMILES string of the molecule is Cc1nn(CC(=O)NCCc2ccn(C)n2)c(C)c1N. The molecule has 3 N–H and O–H groups in total. The number of rotatable bonds is 5. The highest BCUT2D eigenvalue weighted by Gasteiger charge is 2.11. The molecule has 2 aromatic rings. The Morgan fingerprint density at radius 2 is 2.15 bits per heavy atom. The lowest BCUT2D eigenvalue weighted by Gasteiger charge is -2.06. The summed E-state index contributed by atoms with van der Waals surface area (Å²) in [6.45, 7) is 4.44. The van der Waals surface area contributed by atoms with Crippen molar-refractivity contribution in [2.24, 2.45) is 7.05 Å². The topological polar surface area (TPSA) is 90.8 Å². The fourth-order valence-corrected chi connectivity index (χ4v) is 1.98. The summed E-state index contributed by atoms with van der Waals surface area (Å²) in [5.74, 6) is -0.0773. The molecule has 1 amide bonds. The van der Waals surface area contributed by atoms with Crippen molar-refractivity contribution < 1.29 is 4.79 Å². The second-order valence-corrected chi connectivity index (χ2v) is 4.82. The minimum Gasteiger partial charge on any atom is -0.396 e. The van der Waals surface area contributed by atoms with E-state index in [4.69, 9.17) is 5.73 Å². The summed E-state index contributed by atoms with van der Waals surface area (Å²) in [5.41, 5.74) is 9.01. The number of nitrogen functional groups attached to an aromatic ring is 1. The number of hydrogen-bond donors (Lipinski definition) is 2. The van der Waals surface area contributed by atoms with E-state index in [9.17, 15) is 4.79 Å². The van der Waals surface area contributed by atoms with Gasteiger partial charge in [-0.15, -0.1) is 0 Å². The predicted octanol–water partition coefficient (Wildman–Crippen LogP) is 0.175. The monoisotopic (exact) mass is 276 g/mol. The van der Waals surface area contributed by atoms with Gasteiger partial charge in [0.2, 0.25) is 5.91 Å². The summed E-state index contributed by atoms with van der Waals surface area (Å²) >= 11 is 0. The minimum absolute atomic E-state index is 0.0773. The van der Waals surface area contributed by atoms with Crippen LogP contribution in [0.2, 0.25) is 0 Å². The third-order valence-electron chi connectivity index (χ3n) is 3.20. The normalized spacial score (nSPS) is 10.8. The molecule has 7 nitrogen and oxygen atoms in total. The first-order valence-corrected chi connectivity index (χ1v) is 6.52. The number of carbonyl (C=O) groups excluding carboxylic acids is 1. The van der Waals surface area contributed by atoms with Gasteiger partial charge in [0.1, 0.15) is 6.54 Å². The Hall–Kier alpha value is -2.31. The molecule has 0 saturated heterocycles. The Kier molecular flexibility index (Phi) is 4.07. The van der Waals surface area contributed by atoms with E-state index < -0.39 is 0 Å². The Balaban J connectivity index is 1.82. The number of amides is 1. The highest BCUT2D eigenvalue weighted by atomic mass is 16.2. The van der Waals surface area contributed by atoms with Crippen LogP contribution in [-0.2, 0) is 24.8 Å². The highest BCUT2D eigenvalue weighted by Crippen LogP contribution is 2.14. The number of nitrogens with zero attached hydrogens (tertiary/aromatic N) is 4. The van der Waals surface area contributed by atoms with Crippen molar-refractivity contribution in [2.75, 3.05) is 12.3 Å². The molecule has 0 unspecified atom stereocenters. The Morgan fingerprint density at radius 3 is 2.70 bits per heavy atom. The first-order valence-electron chi connectivity index (χ1n) is 6.52. The van der Waals surface area contributed by atoms with Gasteiger partial charge in [0.15, 0.2) is 0 Å². The molecule has 0 spiro atoms. The number of hydrogen-bond acceptors (Lipinski definition) is 4.